The van der Waals surface area contributed by atoms with Gasteiger partial charge < -0.3 is 24.8 Å². The summed E-state index contributed by atoms with van der Waals surface area (Å²) in [5.74, 6) is -2.13. The Balaban J connectivity index is 1.66. The van der Waals surface area contributed by atoms with E-state index < -0.39 is 23.8 Å². The monoisotopic (exact) mass is 373 g/mol. The van der Waals surface area contributed by atoms with Gasteiger partial charge in [0.25, 0.3) is 5.91 Å². The third-order valence-electron chi connectivity index (χ3n) is 3.82. The number of imidazole rings is 1. The molecule has 1 atom stereocenters. The molecular formula is C18H16FN3O5. The molecule has 2 aromatic carbocycles. The number of hydrogen-bond donors (Lipinski definition) is 3. The molecule has 8 nitrogen and oxygen atoms in total. The van der Waals surface area contributed by atoms with Gasteiger partial charge in [-0.25, -0.2) is 14.0 Å². The fraction of sp³-hybridized carbons (Fsp3) is 0.167. The summed E-state index contributed by atoms with van der Waals surface area (Å²) in [5, 5.41) is 2.58. The lowest BCUT2D eigenvalue weighted by atomic mass is 10.2. The maximum Gasteiger partial charge on any atom is 0.339 e. The lowest BCUT2D eigenvalue weighted by molar-refractivity contribution is -0.123. The molecule has 1 heterocycles. The molecule has 3 rings (SSSR count). The number of esters is 1. The SMILES string of the molecule is COc1ccc(C(=O)O[C@@H](C)C(=O)Nc2ccc3[nH]c(=O)[nH]c3c2)cc1F. The molecule has 3 N–H and O–H groups in total. The molecule has 0 aliphatic rings. The molecule has 0 spiro atoms. The van der Waals surface area contributed by atoms with Gasteiger partial charge in [0.05, 0.1) is 23.7 Å². The lowest BCUT2D eigenvalue weighted by Crippen LogP contribution is -2.30. The van der Waals surface area contributed by atoms with Gasteiger partial charge in [0.1, 0.15) is 0 Å². The summed E-state index contributed by atoms with van der Waals surface area (Å²) in [6.45, 7) is 1.39. The van der Waals surface area contributed by atoms with Gasteiger partial charge in [-0.3, -0.25) is 4.79 Å². The number of benzene rings is 2. The third kappa shape index (κ3) is 3.97. The average molecular weight is 373 g/mol. The number of anilines is 1. The number of carbonyl (C=O) groups excluding carboxylic acids is 2. The van der Waals surface area contributed by atoms with Gasteiger partial charge in [0, 0.05) is 5.69 Å². The zero-order valence-corrected chi connectivity index (χ0v) is 14.5. The van der Waals surface area contributed by atoms with Crippen LogP contribution in [0.25, 0.3) is 11.0 Å². The molecule has 1 aromatic heterocycles. The highest BCUT2D eigenvalue weighted by molar-refractivity contribution is 5.98. The number of H-pyrrole nitrogens is 2. The van der Waals surface area contributed by atoms with Crippen molar-refractivity contribution in [2.45, 2.75) is 13.0 Å². The summed E-state index contributed by atoms with van der Waals surface area (Å²) in [6.07, 6.45) is -1.12. The Bertz CT molecular complexity index is 1070. The van der Waals surface area contributed by atoms with Crippen molar-refractivity contribution in [3.63, 3.8) is 0 Å². The molecule has 0 saturated heterocycles. The molecule has 0 aliphatic carbocycles. The van der Waals surface area contributed by atoms with Gasteiger partial charge in [0.2, 0.25) is 0 Å². The minimum atomic E-state index is -1.12. The van der Waals surface area contributed by atoms with Crippen LogP contribution in [0.2, 0.25) is 0 Å². The first-order valence-electron chi connectivity index (χ1n) is 7.95. The summed E-state index contributed by atoms with van der Waals surface area (Å²) in [6, 6.07) is 8.39. The highest BCUT2D eigenvalue weighted by Crippen LogP contribution is 2.19. The number of aromatic nitrogens is 2. The van der Waals surface area contributed by atoms with E-state index in [1.165, 1.54) is 26.2 Å². The number of aromatic amines is 2. The molecule has 3 aromatic rings. The van der Waals surface area contributed by atoms with Crippen LogP contribution in [-0.4, -0.2) is 35.1 Å². The lowest BCUT2D eigenvalue weighted by Gasteiger charge is -2.14. The highest BCUT2D eigenvalue weighted by Gasteiger charge is 2.20. The second-order valence-electron chi connectivity index (χ2n) is 5.73. The van der Waals surface area contributed by atoms with Gasteiger partial charge in [0.15, 0.2) is 17.7 Å². The maximum absolute atomic E-state index is 13.7. The highest BCUT2D eigenvalue weighted by atomic mass is 19.1. The first-order valence-corrected chi connectivity index (χ1v) is 7.95. The molecule has 140 valence electrons. The predicted octanol–water partition coefficient (Wildman–Crippen LogP) is 2.19. The molecule has 9 heteroatoms. The van der Waals surface area contributed by atoms with Crippen LogP contribution >= 0.6 is 0 Å². The summed E-state index contributed by atoms with van der Waals surface area (Å²) < 4.78 is 23.5. The number of ether oxygens (including phenoxy) is 2. The molecule has 1 amide bonds. The Morgan fingerprint density at radius 3 is 2.56 bits per heavy atom. The van der Waals surface area contributed by atoms with E-state index in [-0.39, 0.29) is 17.0 Å². The van der Waals surface area contributed by atoms with Crippen molar-refractivity contribution in [3.05, 3.63) is 58.3 Å². The largest absolute Gasteiger partial charge is 0.494 e. The summed E-state index contributed by atoms with van der Waals surface area (Å²) in [4.78, 5) is 40.7. The van der Waals surface area contributed by atoms with Crippen molar-refractivity contribution >= 4 is 28.6 Å². The smallest absolute Gasteiger partial charge is 0.339 e. The minimum absolute atomic E-state index is 0.00414. The van der Waals surface area contributed by atoms with Crippen LogP contribution in [0.1, 0.15) is 17.3 Å². The number of hydrogen-bond acceptors (Lipinski definition) is 5. The Morgan fingerprint density at radius 2 is 1.85 bits per heavy atom. The minimum Gasteiger partial charge on any atom is -0.494 e. The normalized spacial score (nSPS) is 11.8. The molecule has 27 heavy (non-hydrogen) atoms. The van der Waals surface area contributed by atoms with E-state index in [0.717, 1.165) is 6.07 Å². The summed E-state index contributed by atoms with van der Waals surface area (Å²) in [5.41, 5.74) is 1.14. The van der Waals surface area contributed by atoms with E-state index in [1.807, 2.05) is 0 Å². The van der Waals surface area contributed by atoms with Crippen molar-refractivity contribution < 1.29 is 23.5 Å². The average Bonchev–Trinajstić information content (AvgIpc) is 3.00. The summed E-state index contributed by atoms with van der Waals surface area (Å²) in [7, 11) is 1.31. The number of rotatable bonds is 5. The number of halogens is 1. The van der Waals surface area contributed by atoms with Crippen molar-refractivity contribution in [1.82, 2.24) is 9.97 Å². The van der Waals surface area contributed by atoms with Crippen LogP contribution in [-0.2, 0) is 9.53 Å². The van der Waals surface area contributed by atoms with E-state index in [9.17, 15) is 18.8 Å². The fourth-order valence-electron chi connectivity index (χ4n) is 2.43. The van der Waals surface area contributed by atoms with Gasteiger partial charge in [-0.05, 0) is 43.3 Å². The topological polar surface area (TPSA) is 113 Å². The van der Waals surface area contributed by atoms with Crippen LogP contribution in [0.5, 0.6) is 5.75 Å². The van der Waals surface area contributed by atoms with Crippen molar-refractivity contribution in [2.75, 3.05) is 12.4 Å². The Hall–Kier alpha value is -3.62. The standard InChI is InChI=1S/C18H16FN3O5/c1-9(27-17(24)10-3-6-15(26-2)12(19)7-10)16(23)20-11-4-5-13-14(8-11)22-18(25)21-13/h3-9H,1-2H3,(H,20,23)(H2,21,22,25)/t9-/m0/s1. The second-order valence-corrected chi connectivity index (χ2v) is 5.73. The fourth-order valence-corrected chi connectivity index (χ4v) is 2.43. The van der Waals surface area contributed by atoms with Crippen LogP contribution < -0.4 is 15.7 Å². The van der Waals surface area contributed by atoms with Gasteiger partial charge >= 0.3 is 11.7 Å². The molecule has 0 radical (unpaired) electrons. The van der Waals surface area contributed by atoms with Crippen molar-refractivity contribution in [2.24, 2.45) is 0 Å². The molecule has 0 fully saturated rings. The van der Waals surface area contributed by atoms with Crippen molar-refractivity contribution in [1.29, 1.82) is 0 Å². The Kier molecular flexibility index (Phi) is 4.93. The predicted molar refractivity (Wildman–Crippen MR) is 95.4 cm³/mol. The molecule has 0 unspecified atom stereocenters. The van der Waals surface area contributed by atoms with Crippen LogP contribution in [0.4, 0.5) is 10.1 Å². The van der Waals surface area contributed by atoms with Gasteiger partial charge in [-0.2, -0.15) is 0 Å². The van der Waals surface area contributed by atoms with E-state index in [0.29, 0.717) is 16.7 Å². The number of amides is 1. The summed E-state index contributed by atoms with van der Waals surface area (Å²) >= 11 is 0. The Morgan fingerprint density at radius 1 is 1.11 bits per heavy atom. The van der Waals surface area contributed by atoms with Gasteiger partial charge in [-0.15, -0.1) is 0 Å². The quantitative estimate of drug-likeness (QED) is 0.593. The molecule has 0 saturated carbocycles. The molecular weight excluding hydrogens is 357 g/mol. The second kappa shape index (κ2) is 7.32. The zero-order chi connectivity index (χ0) is 19.6. The van der Waals surface area contributed by atoms with Crippen LogP contribution in [0, 0.1) is 5.82 Å². The van der Waals surface area contributed by atoms with Gasteiger partial charge in [-0.1, -0.05) is 0 Å². The van der Waals surface area contributed by atoms with Crippen molar-refractivity contribution in [3.8, 4) is 5.75 Å². The third-order valence-corrected chi connectivity index (χ3v) is 3.82. The number of methoxy groups -OCH3 is 1. The first kappa shape index (κ1) is 18.2. The van der Waals surface area contributed by atoms with E-state index in [4.69, 9.17) is 9.47 Å². The Labute approximate surface area is 152 Å². The number of carbonyl (C=O) groups is 2. The van der Waals surface area contributed by atoms with E-state index >= 15 is 0 Å². The van der Waals surface area contributed by atoms with Crippen LogP contribution in [0.15, 0.2) is 41.2 Å². The maximum atomic E-state index is 13.7. The van der Waals surface area contributed by atoms with E-state index in [1.54, 1.807) is 18.2 Å². The van der Waals surface area contributed by atoms with Crippen LogP contribution in [0.3, 0.4) is 0 Å². The number of fused-ring (bicyclic) bond motifs is 1. The molecule has 0 bridgehead atoms. The first-order chi connectivity index (χ1) is 12.9. The molecule has 0 aliphatic heterocycles. The van der Waals surface area contributed by atoms with E-state index in [2.05, 4.69) is 15.3 Å². The zero-order valence-electron chi connectivity index (χ0n) is 14.5. The number of nitrogens with one attached hydrogen (secondary N) is 3.